The van der Waals surface area contributed by atoms with Crippen molar-refractivity contribution in [2.24, 2.45) is 0 Å². The van der Waals surface area contributed by atoms with E-state index in [1.165, 1.54) is 0 Å². The molecule has 0 saturated heterocycles. The molecular formula is C3H9NO3S. The molecule has 1 unspecified atom stereocenters. The van der Waals surface area contributed by atoms with Crippen molar-refractivity contribution in [3.05, 3.63) is 0 Å². The standard InChI is InChI=1S/C3H9NO3S/c1-4(2)3-7-8(5)6/h3H2,1-2H3,(H,5,6). The van der Waals surface area contributed by atoms with Crippen LogP contribution in [0.25, 0.3) is 0 Å². The van der Waals surface area contributed by atoms with Crippen molar-refractivity contribution in [1.29, 1.82) is 0 Å². The van der Waals surface area contributed by atoms with E-state index in [-0.39, 0.29) is 6.73 Å². The Labute approximate surface area is 50.9 Å². The predicted octanol–water partition coefficient (Wildman–Crippen LogP) is -0.341. The number of hydrogen-bond donors (Lipinski definition) is 1. The van der Waals surface area contributed by atoms with Gasteiger partial charge in [-0.05, 0) is 14.1 Å². The Morgan fingerprint density at radius 3 is 2.38 bits per heavy atom. The topological polar surface area (TPSA) is 49.8 Å². The second kappa shape index (κ2) is 3.96. The molecule has 4 nitrogen and oxygen atoms in total. The second-order valence-corrected chi connectivity index (χ2v) is 2.21. The van der Waals surface area contributed by atoms with E-state index in [1.54, 1.807) is 19.0 Å². The Morgan fingerprint density at radius 1 is 1.75 bits per heavy atom. The molecule has 0 aliphatic rings. The van der Waals surface area contributed by atoms with Gasteiger partial charge in [0.05, 0.1) is 0 Å². The monoisotopic (exact) mass is 139 g/mol. The van der Waals surface area contributed by atoms with Crippen molar-refractivity contribution in [3.8, 4) is 0 Å². The van der Waals surface area contributed by atoms with E-state index in [1.807, 2.05) is 0 Å². The Hall–Kier alpha value is 0.0300. The first-order chi connectivity index (χ1) is 3.63. The van der Waals surface area contributed by atoms with E-state index >= 15 is 0 Å². The first-order valence-electron chi connectivity index (χ1n) is 2.02. The summed E-state index contributed by atoms with van der Waals surface area (Å²) in [5, 5.41) is 0. The van der Waals surface area contributed by atoms with Crippen LogP contribution in [0, 0.1) is 0 Å². The SMILES string of the molecule is CN(C)COS(=O)O. The van der Waals surface area contributed by atoms with Crippen molar-refractivity contribution in [1.82, 2.24) is 4.90 Å². The molecule has 0 saturated carbocycles. The first-order valence-corrected chi connectivity index (χ1v) is 3.05. The molecule has 0 aliphatic carbocycles. The fourth-order valence-corrected chi connectivity index (χ4v) is 0.451. The summed E-state index contributed by atoms with van der Waals surface area (Å²) in [5.74, 6) is 0. The largest absolute Gasteiger partial charge is 0.303 e. The molecule has 8 heavy (non-hydrogen) atoms. The van der Waals surface area contributed by atoms with Gasteiger partial charge in [0.25, 0.3) is 0 Å². The molecule has 0 aromatic rings. The van der Waals surface area contributed by atoms with Crippen LogP contribution in [-0.2, 0) is 15.5 Å². The summed E-state index contributed by atoms with van der Waals surface area (Å²) in [4.78, 5) is 1.65. The van der Waals surface area contributed by atoms with Crippen LogP contribution in [0.1, 0.15) is 0 Å². The van der Waals surface area contributed by atoms with Crippen LogP contribution in [0.4, 0.5) is 0 Å². The number of rotatable bonds is 3. The molecule has 1 N–H and O–H groups in total. The Kier molecular flexibility index (Phi) is 3.98. The van der Waals surface area contributed by atoms with Gasteiger partial charge in [0.15, 0.2) is 0 Å². The van der Waals surface area contributed by atoms with Gasteiger partial charge in [-0.3, -0.25) is 13.6 Å². The van der Waals surface area contributed by atoms with Crippen LogP contribution in [0.5, 0.6) is 0 Å². The molecule has 0 radical (unpaired) electrons. The third-order valence-corrected chi connectivity index (χ3v) is 0.719. The van der Waals surface area contributed by atoms with Gasteiger partial charge in [0.2, 0.25) is 0 Å². The minimum absolute atomic E-state index is 0.170. The van der Waals surface area contributed by atoms with E-state index in [4.69, 9.17) is 4.55 Å². The van der Waals surface area contributed by atoms with Crippen LogP contribution < -0.4 is 0 Å². The van der Waals surface area contributed by atoms with Crippen LogP contribution >= 0.6 is 0 Å². The summed E-state index contributed by atoms with van der Waals surface area (Å²) in [7, 11) is 3.49. The average molecular weight is 139 g/mol. The van der Waals surface area contributed by atoms with E-state index in [0.717, 1.165) is 0 Å². The number of nitrogens with zero attached hydrogens (tertiary/aromatic N) is 1. The smallest absolute Gasteiger partial charge is 0.286 e. The van der Waals surface area contributed by atoms with Crippen molar-refractivity contribution in [3.63, 3.8) is 0 Å². The van der Waals surface area contributed by atoms with E-state index in [0.29, 0.717) is 0 Å². The van der Waals surface area contributed by atoms with Gasteiger partial charge in [-0.2, -0.15) is 4.21 Å². The van der Waals surface area contributed by atoms with Gasteiger partial charge in [0.1, 0.15) is 6.73 Å². The van der Waals surface area contributed by atoms with Gasteiger partial charge < -0.3 is 0 Å². The van der Waals surface area contributed by atoms with E-state index < -0.39 is 11.4 Å². The molecule has 0 aliphatic heterocycles. The molecule has 1 atom stereocenters. The van der Waals surface area contributed by atoms with E-state index in [9.17, 15) is 4.21 Å². The second-order valence-electron chi connectivity index (χ2n) is 1.54. The van der Waals surface area contributed by atoms with Crippen molar-refractivity contribution in [2.45, 2.75) is 0 Å². The highest BCUT2D eigenvalue weighted by molar-refractivity contribution is 7.74. The fraction of sp³-hybridized carbons (Fsp3) is 1.00. The molecule has 50 valence electrons. The number of hydrogen-bond acceptors (Lipinski definition) is 3. The molecule has 0 aromatic heterocycles. The van der Waals surface area contributed by atoms with Crippen molar-refractivity contribution < 1.29 is 12.9 Å². The molecule has 0 amide bonds. The Balaban J connectivity index is 3.05. The van der Waals surface area contributed by atoms with Gasteiger partial charge in [-0.1, -0.05) is 0 Å². The van der Waals surface area contributed by atoms with Gasteiger partial charge >= 0.3 is 11.4 Å². The molecule has 0 fully saturated rings. The average Bonchev–Trinajstić information content (AvgIpc) is 1.61. The highest BCUT2D eigenvalue weighted by atomic mass is 32.2. The quantitative estimate of drug-likeness (QED) is 0.429. The lowest BCUT2D eigenvalue weighted by Crippen LogP contribution is -2.16. The Bertz CT molecular complexity index is 84.6. The summed E-state index contributed by atoms with van der Waals surface area (Å²) >= 11 is -2.13. The summed E-state index contributed by atoms with van der Waals surface area (Å²) in [6.45, 7) is 0.170. The minimum Gasteiger partial charge on any atom is -0.286 e. The lowest BCUT2D eigenvalue weighted by atomic mass is 11.0. The Morgan fingerprint density at radius 2 is 2.25 bits per heavy atom. The van der Waals surface area contributed by atoms with E-state index in [2.05, 4.69) is 4.18 Å². The summed E-state index contributed by atoms with van der Waals surface area (Å²) in [5.41, 5.74) is 0. The molecule has 0 rings (SSSR count). The first kappa shape index (κ1) is 8.03. The molecule has 5 heteroatoms. The molecule has 0 bridgehead atoms. The van der Waals surface area contributed by atoms with Gasteiger partial charge in [0, 0.05) is 0 Å². The van der Waals surface area contributed by atoms with Crippen LogP contribution in [0.3, 0.4) is 0 Å². The highest BCUT2D eigenvalue weighted by Gasteiger charge is 1.92. The fourth-order valence-electron chi connectivity index (χ4n) is 0.150. The van der Waals surface area contributed by atoms with Crippen LogP contribution in [0.15, 0.2) is 0 Å². The lowest BCUT2D eigenvalue weighted by Gasteiger charge is -2.05. The normalized spacial score (nSPS) is 14.5. The molecular weight excluding hydrogens is 130 g/mol. The molecule has 0 aromatic carbocycles. The molecule has 0 heterocycles. The maximum absolute atomic E-state index is 9.77. The maximum atomic E-state index is 9.77. The summed E-state index contributed by atoms with van der Waals surface area (Å²) in [6, 6.07) is 0. The third-order valence-electron chi connectivity index (χ3n) is 0.412. The van der Waals surface area contributed by atoms with Gasteiger partial charge in [-0.15, -0.1) is 0 Å². The van der Waals surface area contributed by atoms with Gasteiger partial charge in [-0.25, -0.2) is 0 Å². The van der Waals surface area contributed by atoms with Crippen LogP contribution in [-0.4, -0.2) is 34.5 Å². The third kappa shape index (κ3) is 6.03. The highest BCUT2D eigenvalue weighted by Crippen LogP contribution is 1.79. The lowest BCUT2D eigenvalue weighted by molar-refractivity contribution is 0.181. The zero-order valence-corrected chi connectivity index (χ0v) is 5.64. The zero-order chi connectivity index (χ0) is 6.57. The zero-order valence-electron chi connectivity index (χ0n) is 4.83. The minimum atomic E-state index is -2.13. The van der Waals surface area contributed by atoms with Crippen molar-refractivity contribution in [2.75, 3.05) is 20.8 Å². The maximum Gasteiger partial charge on any atom is 0.303 e. The van der Waals surface area contributed by atoms with Crippen molar-refractivity contribution >= 4 is 11.4 Å². The molecule has 0 spiro atoms. The summed E-state index contributed by atoms with van der Waals surface area (Å²) < 4.78 is 22.0. The summed E-state index contributed by atoms with van der Waals surface area (Å²) in [6.07, 6.45) is 0. The van der Waals surface area contributed by atoms with Crippen LogP contribution in [0.2, 0.25) is 0 Å². The predicted molar refractivity (Wildman–Crippen MR) is 30.4 cm³/mol.